The van der Waals surface area contributed by atoms with E-state index in [0.717, 1.165) is 47.1 Å². The lowest BCUT2D eigenvalue weighted by Gasteiger charge is -2.42. The summed E-state index contributed by atoms with van der Waals surface area (Å²) in [5.41, 5.74) is 0. The normalized spacial score (nSPS) is 52.3. The van der Waals surface area contributed by atoms with Crippen molar-refractivity contribution in [1.82, 2.24) is 0 Å². The van der Waals surface area contributed by atoms with Crippen molar-refractivity contribution in [3.05, 3.63) is 12.2 Å². The van der Waals surface area contributed by atoms with Gasteiger partial charge in [0.1, 0.15) is 0 Å². The molecule has 4 fully saturated rings. The molecule has 5 rings (SSSR count). The molecule has 4 saturated carbocycles. The van der Waals surface area contributed by atoms with E-state index in [2.05, 4.69) is 26.0 Å². The van der Waals surface area contributed by atoms with Gasteiger partial charge >= 0.3 is 6.92 Å². The highest BCUT2D eigenvalue weighted by Gasteiger charge is 2.60. The summed E-state index contributed by atoms with van der Waals surface area (Å²) in [7, 11) is 0. The summed E-state index contributed by atoms with van der Waals surface area (Å²) < 4.78 is 7.02. The second kappa shape index (κ2) is 6.18. The van der Waals surface area contributed by atoms with Crippen LogP contribution in [0.1, 0.15) is 71.6 Å². The van der Waals surface area contributed by atoms with Crippen molar-refractivity contribution >= 4 is 6.92 Å². The van der Waals surface area contributed by atoms with E-state index in [1.165, 1.54) is 57.8 Å². The first-order valence-electron chi connectivity index (χ1n) is 11.0. The first-order valence-corrected chi connectivity index (χ1v) is 11.0. The maximum Gasteiger partial charge on any atom is 0.301 e. The predicted octanol–water partition coefficient (Wildman–Crippen LogP) is 5.98. The number of allylic oxidation sites excluding steroid dienone is 1. The molecule has 2 heteroatoms. The van der Waals surface area contributed by atoms with Gasteiger partial charge in [-0.05, 0) is 92.1 Å². The maximum atomic E-state index is 7.02. The van der Waals surface area contributed by atoms with Gasteiger partial charge in [-0.15, -0.1) is 0 Å². The Bertz CT molecular complexity index is 466. The number of rotatable bonds is 4. The third-order valence-corrected chi connectivity index (χ3v) is 8.54. The van der Waals surface area contributed by atoms with Gasteiger partial charge in [0.15, 0.2) is 0 Å². The van der Waals surface area contributed by atoms with Crippen molar-refractivity contribution in [3.8, 4) is 0 Å². The lowest BCUT2D eigenvalue weighted by Crippen LogP contribution is -2.43. The minimum absolute atomic E-state index is 0.418. The Labute approximate surface area is 149 Å². The van der Waals surface area contributed by atoms with Crippen molar-refractivity contribution < 1.29 is 4.65 Å². The zero-order chi connectivity index (χ0) is 16.3. The SMILES string of the molecule is C[C@H]1CC[C@H]2C[C@H]2[C@@H]1B(O[C@H]1C=CCCC1)[C@H]1[C@@H]2C[C@@H]2CC[C@@H]1C. The summed E-state index contributed by atoms with van der Waals surface area (Å²) >= 11 is 0. The zero-order valence-corrected chi connectivity index (χ0v) is 15.7. The van der Waals surface area contributed by atoms with E-state index >= 15 is 0 Å². The summed E-state index contributed by atoms with van der Waals surface area (Å²) in [5.74, 6) is 7.66. The fourth-order valence-electron chi connectivity index (χ4n) is 7.00. The van der Waals surface area contributed by atoms with Crippen molar-refractivity contribution in [3.63, 3.8) is 0 Å². The van der Waals surface area contributed by atoms with Crippen LogP contribution in [-0.4, -0.2) is 13.0 Å². The maximum absolute atomic E-state index is 7.02. The Morgan fingerprint density at radius 3 is 2.00 bits per heavy atom. The van der Waals surface area contributed by atoms with E-state index < -0.39 is 0 Å². The molecule has 0 spiro atoms. The number of hydrogen-bond acceptors (Lipinski definition) is 1. The molecule has 0 aromatic rings. The lowest BCUT2D eigenvalue weighted by atomic mass is 9.37. The van der Waals surface area contributed by atoms with Gasteiger partial charge in [0, 0.05) is 0 Å². The van der Waals surface area contributed by atoms with Gasteiger partial charge in [-0.1, -0.05) is 38.8 Å². The average Bonchev–Trinajstić information content (AvgIpc) is 3.48. The van der Waals surface area contributed by atoms with E-state index in [9.17, 15) is 0 Å². The molecule has 132 valence electrons. The highest BCUT2D eigenvalue weighted by molar-refractivity contribution is 6.56. The molecule has 5 aliphatic carbocycles. The van der Waals surface area contributed by atoms with Crippen LogP contribution in [0.5, 0.6) is 0 Å². The highest BCUT2D eigenvalue weighted by Crippen LogP contribution is 2.65. The largest absolute Gasteiger partial charge is 0.429 e. The molecule has 24 heavy (non-hydrogen) atoms. The zero-order valence-electron chi connectivity index (χ0n) is 15.7. The minimum atomic E-state index is 0.418. The quantitative estimate of drug-likeness (QED) is 0.456. The van der Waals surface area contributed by atoms with E-state index in [1.807, 2.05) is 0 Å². The molecule has 0 amide bonds. The van der Waals surface area contributed by atoms with Gasteiger partial charge in [-0.25, -0.2) is 0 Å². The van der Waals surface area contributed by atoms with E-state index in [-0.39, 0.29) is 0 Å². The first-order chi connectivity index (χ1) is 11.7. The van der Waals surface area contributed by atoms with E-state index in [4.69, 9.17) is 4.65 Å². The van der Waals surface area contributed by atoms with Crippen LogP contribution in [0, 0.1) is 35.5 Å². The molecule has 0 unspecified atom stereocenters. The first kappa shape index (κ1) is 16.0. The molecule has 0 N–H and O–H groups in total. The smallest absolute Gasteiger partial charge is 0.301 e. The molecule has 0 heterocycles. The summed E-state index contributed by atoms with van der Waals surface area (Å²) in [5, 5.41) is 0. The molecule has 0 aromatic carbocycles. The highest BCUT2D eigenvalue weighted by atomic mass is 16.4. The number of hydrogen-bond donors (Lipinski definition) is 0. The molecule has 0 aliphatic heterocycles. The second-order valence-electron chi connectivity index (χ2n) is 10.1. The summed E-state index contributed by atoms with van der Waals surface area (Å²) in [6.07, 6.45) is 18.0. The van der Waals surface area contributed by atoms with Crippen molar-refractivity contribution in [1.29, 1.82) is 0 Å². The summed E-state index contributed by atoms with van der Waals surface area (Å²) in [4.78, 5) is 0. The molecule has 9 atom stereocenters. The lowest BCUT2D eigenvalue weighted by molar-refractivity contribution is 0.188. The topological polar surface area (TPSA) is 9.23 Å². The van der Waals surface area contributed by atoms with Crippen LogP contribution in [-0.2, 0) is 4.65 Å². The molecule has 0 radical (unpaired) electrons. The van der Waals surface area contributed by atoms with Crippen LogP contribution in [0.15, 0.2) is 12.2 Å². The minimum Gasteiger partial charge on any atom is -0.429 e. The van der Waals surface area contributed by atoms with Crippen LogP contribution in [0.3, 0.4) is 0 Å². The summed E-state index contributed by atoms with van der Waals surface area (Å²) in [6.45, 7) is 5.65. The van der Waals surface area contributed by atoms with E-state index in [1.54, 1.807) is 0 Å². The van der Waals surface area contributed by atoms with Gasteiger partial charge in [0.25, 0.3) is 0 Å². The van der Waals surface area contributed by atoms with Crippen LogP contribution in [0.25, 0.3) is 0 Å². The van der Waals surface area contributed by atoms with Gasteiger partial charge in [0.05, 0.1) is 6.10 Å². The fourth-order valence-corrected chi connectivity index (χ4v) is 7.00. The molecular formula is C22H35BO. The van der Waals surface area contributed by atoms with Crippen LogP contribution >= 0.6 is 0 Å². The average molecular weight is 326 g/mol. The Hall–Kier alpha value is -0.235. The van der Waals surface area contributed by atoms with Crippen molar-refractivity contribution in [2.75, 3.05) is 0 Å². The van der Waals surface area contributed by atoms with Gasteiger partial charge in [-0.2, -0.15) is 0 Å². The summed E-state index contributed by atoms with van der Waals surface area (Å²) in [6, 6.07) is 0. The molecular weight excluding hydrogens is 291 g/mol. The standard InChI is InChI=1S/C22H35BO/c1-14-8-10-16-12-19(16)21(14)23(24-18-6-4-3-5-7-18)22-15(2)9-11-17-13-20(17)22/h4,6,14-22H,3,5,7-13H2,1-2H3/t14-,15-,16-,17-,18-,19+,20+,21+,22+/m0/s1. The Morgan fingerprint density at radius 1 is 0.833 bits per heavy atom. The van der Waals surface area contributed by atoms with Gasteiger partial charge in [-0.3, -0.25) is 0 Å². The van der Waals surface area contributed by atoms with Gasteiger partial charge in [0.2, 0.25) is 0 Å². The molecule has 0 bridgehead atoms. The monoisotopic (exact) mass is 326 g/mol. The van der Waals surface area contributed by atoms with Crippen LogP contribution < -0.4 is 0 Å². The number of fused-ring (bicyclic) bond motifs is 2. The Kier molecular flexibility index (Phi) is 4.12. The molecule has 0 aromatic heterocycles. The van der Waals surface area contributed by atoms with Crippen LogP contribution in [0.4, 0.5) is 0 Å². The Morgan fingerprint density at radius 2 is 1.46 bits per heavy atom. The fraction of sp³-hybridized carbons (Fsp3) is 0.909. The van der Waals surface area contributed by atoms with Gasteiger partial charge < -0.3 is 4.65 Å². The second-order valence-corrected chi connectivity index (χ2v) is 10.1. The van der Waals surface area contributed by atoms with E-state index in [0.29, 0.717) is 13.0 Å². The van der Waals surface area contributed by atoms with Crippen molar-refractivity contribution in [2.24, 2.45) is 35.5 Å². The third kappa shape index (κ3) is 2.81. The molecule has 5 aliphatic rings. The Balaban J connectivity index is 1.41. The molecule has 0 saturated heterocycles. The van der Waals surface area contributed by atoms with Crippen LogP contribution in [0.2, 0.25) is 11.6 Å². The molecule has 1 nitrogen and oxygen atoms in total. The van der Waals surface area contributed by atoms with Crippen molar-refractivity contribution in [2.45, 2.75) is 89.4 Å². The third-order valence-electron chi connectivity index (χ3n) is 8.54. The predicted molar refractivity (Wildman–Crippen MR) is 101 cm³/mol.